The molecule has 6 nitrogen and oxygen atoms in total. The minimum Gasteiger partial charge on any atom is -0.373 e. The second-order valence-electron chi connectivity index (χ2n) is 7.61. The van der Waals surface area contributed by atoms with Gasteiger partial charge < -0.3 is 20.3 Å². The Kier molecular flexibility index (Phi) is 6.72. The lowest BCUT2D eigenvalue weighted by Gasteiger charge is -2.24. The van der Waals surface area contributed by atoms with Crippen LogP contribution < -0.4 is 15.5 Å². The zero-order valence-electron chi connectivity index (χ0n) is 16.3. The monoisotopic (exact) mass is 359 g/mol. The Balaban J connectivity index is 1.47. The molecular weight excluding hydrogens is 326 g/mol. The number of aromatic nitrogens is 1. The van der Waals surface area contributed by atoms with Crippen molar-refractivity contribution in [3.8, 4) is 0 Å². The maximum absolute atomic E-state index is 5.82. The molecular formula is C20H33N5O. The van der Waals surface area contributed by atoms with Crippen molar-refractivity contribution >= 4 is 11.8 Å². The van der Waals surface area contributed by atoms with Crippen molar-refractivity contribution < 1.29 is 4.74 Å². The average Bonchev–Trinajstić information content (AvgIpc) is 2.93. The van der Waals surface area contributed by atoms with Crippen molar-refractivity contribution in [2.45, 2.75) is 57.6 Å². The number of ether oxygens (including phenoxy) is 1. The Morgan fingerprint density at radius 3 is 2.62 bits per heavy atom. The van der Waals surface area contributed by atoms with Crippen LogP contribution in [-0.2, 0) is 11.3 Å². The van der Waals surface area contributed by atoms with Crippen LogP contribution in [0.3, 0.4) is 0 Å². The van der Waals surface area contributed by atoms with E-state index in [9.17, 15) is 0 Å². The molecule has 1 unspecified atom stereocenters. The van der Waals surface area contributed by atoms with Crippen molar-refractivity contribution in [3.63, 3.8) is 0 Å². The van der Waals surface area contributed by atoms with Gasteiger partial charge in [0.2, 0.25) is 0 Å². The Labute approximate surface area is 157 Å². The van der Waals surface area contributed by atoms with Crippen molar-refractivity contribution in [2.75, 3.05) is 38.2 Å². The molecule has 2 aliphatic rings. The maximum atomic E-state index is 5.82. The van der Waals surface area contributed by atoms with Gasteiger partial charge in [-0.25, -0.2) is 4.98 Å². The first kappa shape index (κ1) is 19.0. The molecule has 0 spiro atoms. The molecule has 3 heterocycles. The van der Waals surface area contributed by atoms with E-state index in [-0.39, 0.29) is 5.60 Å². The second kappa shape index (κ2) is 9.21. The number of guanidine groups is 1. The minimum absolute atomic E-state index is 0.0754. The van der Waals surface area contributed by atoms with Gasteiger partial charge in [-0.1, -0.05) is 18.9 Å². The molecule has 3 rings (SSSR count). The molecule has 6 heteroatoms. The molecule has 0 bridgehead atoms. The van der Waals surface area contributed by atoms with Gasteiger partial charge in [-0.3, -0.25) is 4.99 Å². The lowest BCUT2D eigenvalue weighted by Crippen LogP contribution is -2.45. The van der Waals surface area contributed by atoms with E-state index in [1.165, 1.54) is 25.7 Å². The number of nitrogens with zero attached hydrogens (tertiary/aromatic N) is 3. The van der Waals surface area contributed by atoms with E-state index in [2.05, 4.69) is 44.6 Å². The predicted octanol–water partition coefficient (Wildman–Crippen LogP) is 2.70. The lowest BCUT2D eigenvalue weighted by molar-refractivity contribution is 0.0243. The smallest absolute Gasteiger partial charge is 0.191 e. The molecule has 144 valence electrons. The van der Waals surface area contributed by atoms with Crippen molar-refractivity contribution in [1.29, 1.82) is 0 Å². The highest BCUT2D eigenvalue weighted by Crippen LogP contribution is 2.23. The topological polar surface area (TPSA) is 61.8 Å². The SMILES string of the molecule is CN=C(NCc1ccc(N2CCCCCC2)nc1)NCC1(C)CCCO1. The number of anilines is 1. The van der Waals surface area contributed by atoms with Crippen molar-refractivity contribution in [3.05, 3.63) is 23.9 Å². The van der Waals surface area contributed by atoms with Gasteiger partial charge in [0.25, 0.3) is 0 Å². The summed E-state index contributed by atoms with van der Waals surface area (Å²) in [5.41, 5.74) is 1.09. The molecule has 2 aliphatic heterocycles. The van der Waals surface area contributed by atoms with Gasteiger partial charge in [-0.05, 0) is 44.2 Å². The first-order chi connectivity index (χ1) is 12.7. The number of rotatable bonds is 5. The molecule has 1 aromatic heterocycles. The number of nitrogens with one attached hydrogen (secondary N) is 2. The molecule has 0 amide bonds. The van der Waals surface area contributed by atoms with Crippen LogP contribution in [0, 0.1) is 0 Å². The number of hydrogen-bond donors (Lipinski definition) is 2. The molecule has 1 atom stereocenters. The van der Waals surface area contributed by atoms with Crippen LogP contribution in [0.25, 0.3) is 0 Å². The molecule has 26 heavy (non-hydrogen) atoms. The fraction of sp³-hybridized carbons (Fsp3) is 0.700. The molecule has 0 radical (unpaired) electrons. The minimum atomic E-state index is -0.0754. The number of hydrogen-bond acceptors (Lipinski definition) is 4. The molecule has 2 N–H and O–H groups in total. The summed E-state index contributed by atoms with van der Waals surface area (Å²) in [5.74, 6) is 1.91. The van der Waals surface area contributed by atoms with E-state index < -0.39 is 0 Å². The van der Waals surface area contributed by atoms with Gasteiger partial charge in [-0.2, -0.15) is 0 Å². The molecule has 0 saturated carbocycles. The van der Waals surface area contributed by atoms with E-state index in [1.54, 1.807) is 7.05 Å². The maximum Gasteiger partial charge on any atom is 0.191 e. The van der Waals surface area contributed by atoms with Crippen LogP contribution in [-0.4, -0.2) is 49.8 Å². The second-order valence-corrected chi connectivity index (χ2v) is 7.61. The van der Waals surface area contributed by atoms with Gasteiger partial charge in [0.15, 0.2) is 5.96 Å². The summed E-state index contributed by atoms with van der Waals surface area (Å²) < 4.78 is 5.82. The normalized spacial score (nSPS) is 24.4. The molecule has 0 aromatic carbocycles. The molecule has 2 saturated heterocycles. The van der Waals surface area contributed by atoms with E-state index in [1.807, 2.05) is 6.20 Å². The first-order valence-corrected chi connectivity index (χ1v) is 9.97. The van der Waals surface area contributed by atoms with Crippen LogP contribution in [0.2, 0.25) is 0 Å². The third-order valence-corrected chi connectivity index (χ3v) is 5.35. The quantitative estimate of drug-likeness (QED) is 0.625. The highest BCUT2D eigenvalue weighted by atomic mass is 16.5. The Morgan fingerprint density at radius 1 is 1.19 bits per heavy atom. The van der Waals surface area contributed by atoms with E-state index in [0.717, 1.165) is 56.4 Å². The summed E-state index contributed by atoms with van der Waals surface area (Å²) in [6, 6.07) is 4.31. The summed E-state index contributed by atoms with van der Waals surface area (Å²) in [6.07, 6.45) is 9.44. The lowest BCUT2D eigenvalue weighted by atomic mass is 10.0. The zero-order valence-corrected chi connectivity index (χ0v) is 16.3. The van der Waals surface area contributed by atoms with E-state index >= 15 is 0 Å². The summed E-state index contributed by atoms with van der Waals surface area (Å²) in [5, 5.41) is 6.74. The third-order valence-electron chi connectivity index (χ3n) is 5.35. The zero-order chi connectivity index (χ0) is 18.2. The van der Waals surface area contributed by atoms with Gasteiger partial charge in [0.1, 0.15) is 5.82 Å². The highest BCUT2D eigenvalue weighted by Gasteiger charge is 2.29. The molecule has 0 aliphatic carbocycles. The average molecular weight is 360 g/mol. The van der Waals surface area contributed by atoms with Gasteiger partial charge in [-0.15, -0.1) is 0 Å². The standard InChI is InChI=1S/C20H33N5O/c1-20(10-7-13-26-20)16-24-19(21-2)23-15-17-8-9-18(22-14-17)25-11-5-3-4-6-12-25/h8-9,14H,3-7,10-13,15-16H2,1-2H3,(H2,21,23,24). The van der Waals surface area contributed by atoms with Crippen molar-refractivity contribution in [1.82, 2.24) is 15.6 Å². The van der Waals surface area contributed by atoms with Crippen LogP contribution in [0.5, 0.6) is 0 Å². The largest absolute Gasteiger partial charge is 0.373 e. The van der Waals surface area contributed by atoms with Crippen LogP contribution in [0.4, 0.5) is 5.82 Å². The summed E-state index contributed by atoms with van der Waals surface area (Å²) >= 11 is 0. The Morgan fingerprint density at radius 2 is 2.00 bits per heavy atom. The Bertz CT molecular complexity index is 572. The van der Waals surface area contributed by atoms with E-state index in [0.29, 0.717) is 6.54 Å². The molecule has 2 fully saturated rings. The fourth-order valence-corrected chi connectivity index (χ4v) is 3.66. The van der Waals surface area contributed by atoms with Crippen LogP contribution >= 0.6 is 0 Å². The van der Waals surface area contributed by atoms with Crippen LogP contribution in [0.1, 0.15) is 51.0 Å². The number of pyridine rings is 1. The highest BCUT2D eigenvalue weighted by molar-refractivity contribution is 5.79. The van der Waals surface area contributed by atoms with Crippen molar-refractivity contribution in [2.24, 2.45) is 4.99 Å². The van der Waals surface area contributed by atoms with Gasteiger partial charge in [0.05, 0.1) is 5.60 Å². The van der Waals surface area contributed by atoms with Gasteiger partial charge >= 0.3 is 0 Å². The predicted molar refractivity (Wildman–Crippen MR) is 107 cm³/mol. The van der Waals surface area contributed by atoms with E-state index in [4.69, 9.17) is 4.74 Å². The fourth-order valence-electron chi connectivity index (χ4n) is 3.66. The number of aliphatic imine (C=N–C) groups is 1. The first-order valence-electron chi connectivity index (χ1n) is 9.97. The molecule has 1 aromatic rings. The summed E-state index contributed by atoms with van der Waals surface area (Å²) in [7, 11) is 1.80. The van der Waals surface area contributed by atoms with Gasteiger partial charge in [0, 0.05) is 46.0 Å². The summed E-state index contributed by atoms with van der Waals surface area (Å²) in [6.45, 7) is 6.76. The summed E-state index contributed by atoms with van der Waals surface area (Å²) in [4.78, 5) is 11.4. The Hall–Kier alpha value is -1.82. The third kappa shape index (κ3) is 5.34. The van der Waals surface area contributed by atoms with Crippen LogP contribution in [0.15, 0.2) is 23.3 Å².